The number of hydrogen-bond acceptors (Lipinski definition) is 1. The highest BCUT2D eigenvalue weighted by Crippen LogP contribution is 2.29. The third-order valence-corrected chi connectivity index (χ3v) is 2.79. The van der Waals surface area contributed by atoms with Crippen LogP contribution >= 0.6 is 0 Å². The number of aliphatic hydroxyl groups is 1. The minimum absolute atomic E-state index is 0.251. The molecule has 0 saturated heterocycles. The van der Waals surface area contributed by atoms with Gasteiger partial charge in [0.15, 0.2) is 0 Å². The van der Waals surface area contributed by atoms with E-state index in [0.29, 0.717) is 0 Å². The van der Waals surface area contributed by atoms with E-state index in [2.05, 4.69) is 43.3 Å². The first-order chi connectivity index (χ1) is 7.29. The van der Waals surface area contributed by atoms with Crippen LogP contribution in [0, 0.1) is 6.92 Å². The number of allylic oxidation sites excluding steroid dienone is 3. The molecule has 1 aromatic rings. The molecule has 1 nitrogen and oxygen atoms in total. The SMILES string of the molecule is Cc1ccc(C2=CC=C(CCO)C2)cc1. The van der Waals surface area contributed by atoms with Crippen molar-refractivity contribution in [2.75, 3.05) is 6.61 Å². The molecule has 0 heterocycles. The summed E-state index contributed by atoms with van der Waals surface area (Å²) < 4.78 is 0. The molecule has 78 valence electrons. The van der Waals surface area contributed by atoms with Crippen molar-refractivity contribution < 1.29 is 5.11 Å². The Labute approximate surface area is 90.8 Å². The Hall–Kier alpha value is -1.34. The molecule has 0 fully saturated rings. The highest BCUT2D eigenvalue weighted by molar-refractivity contribution is 5.72. The van der Waals surface area contributed by atoms with Crippen molar-refractivity contribution in [3.8, 4) is 0 Å². The summed E-state index contributed by atoms with van der Waals surface area (Å²) in [6, 6.07) is 8.61. The van der Waals surface area contributed by atoms with Crippen LogP contribution in [-0.4, -0.2) is 11.7 Å². The lowest BCUT2D eigenvalue weighted by Crippen LogP contribution is -1.88. The van der Waals surface area contributed by atoms with Gasteiger partial charge in [0.1, 0.15) is 0 Å². The molecule has 0 atom stereocenters. The van der Waals surface area contributed by atoms with Crippen molar-refractivity contribution in [2.24, 2.45) is 0 Å². The lowest BCUT2D eigenvalue weighted by molar-refractivity contribution is 0.299. The van der Waals surface area contributed by atoms with Crippen molar-refractivity contribution >= 4 is 5.57 Å². The van der Waals surface area contributed by atoms with Crippen LogP contribution < -0.4 is 0 Å². The minimum Gasteiger partial charge on any atom is -0.396 e. The minimum atomic E-state index is 0.251. The largest absolute Gasteiger partial charge is 0.396 e. The molecule has 0 bridgehead atoms. The van der Waals surface area contributed by atoms with Gasteiger partial charge in [-0.3, -0.25) is 0 Å². The third-order valence-electron chi connectivity index (χ3n) is 2.79. The normalized spacial score (nSPS) is 15.1. The fraction of sp³-hybridized carbons (Fsp3) is 0.286. The molecular formula is C14H16O. The third kappa shape index (κ3) is 2.37. The predicted molar refractivity (Wildman–Crippen MR) is 63.6 cm³/mol. The van der Waals surface area contributed by atoms with E-state index in [1.165, 1.54) is 22.3 Å². The van der Waals surface area contributed by atoms with Crippen LogP contribution in [-0.2, 0) is 0 Å². The van der Waals surface area contributed by atoms with Gasteiger partial charge in [-0.2, -0.15) is 0 Å². The van der Waals surface area contributed by atoms with Crippen molar-refractivity contribution in [3.63, 3.8) is 0 Å². The molecule has 0 radical (unpaired) electrons. The lowest BCUT2D eigenvalue weighted by Gasteiger charge is -2.05. The Morgan fingerprint density at radius 1 is 1.13 bits per heavy atom. The van der Waals surface area contributed by atoms with Gasteiger partial charge in [-0.1, -0.05) is 47.6 Å². The maximum absolute atomic E-state index is 8.86. The second-order valence-electron chi connectivity index (χ2n) is 4.03. The van der Waals surface area contributed by atoms with Gasteiger partial charge in [-0.15, -0.1) is 0 Å². The van der Waals surface area contributed by atoms with E-state index in [1.54, 1.807) is 0 Å². The molecule has 0 aromatic heterocycles. The van der Waals surface area contributed by atoms with Gasteiger partial charge in [-0.05, 0) is 30.9 Å². The first kappa shape index (κ1) is 10.2. The summed E-state index contributed by atoms with van der Waals surface area (Å²) in [6.45, 7) is 2.35. The summed E-state index contributed by atoms with van der Waals surface area (Å²) in [5, 5.41) is 8.86. The number of benzene rings is 1. The zero-order valence-electron chi connectivity index (χ0n) is 9.03. The van der Waals surface area contributed by atoms with E-state index < -0.39 is 0 Å². The van der Waals surface area contributed by atoms with Gasteiger partial charge in [0, 0.05) is 6.61 Å². The maximum Gasteiger partial charge on any atom is 0.0468 e. The molecule has 0 unspecified atom stereocenters. The molecule has 1 aromatic carbocycles. The molecule has 15 heavy (non-hydrogen) atoms. The Morgan fingerprint density at radius 2 is 1.87 bits per heavy atom. The van der Waals surface area contributed by atoms with E-state index >= 15 is 0 Å². The molecule has 0 spiro atoms. The van der Waals surface area contributed by atoms with Gasteiger partial charge in [0.25, 0.3) is 0 Å². The topological polar surface area (TPSA) is 20.2 Å². The Bertz CT molecular complexity index is 396. The van der Waals surface area contributed by atoms with E-state index in [1.807, 2.05) is 0 Å². The highest BCUT2D eigenvalue weighted by Gasteiger charge is 2.09. The lowest BCUT2D eigenvalue weighted by atomic mass is 10.0. The van der Waals surface area contributed by atoms with E-state index in [9.17, 15) is 0 Å². The number of rotatable bonds is 3. The Balaban J connectivity index is 2.07. The van der Waals surface area contributed by atoms with Crippen LogP contribution in [0.2, 0.25) is 0 Å². The monoisotopic (exact) mass is 200 g/mol. The predicted octanol–water partition coefficient (Wildman–Crippen LogP) is 3.09. The second kappa shape index (κ2) is 4.45. The van der Waals surface area contributed by atoms with Gasteiger partial charge in [0.2, 0.25) is 0 Å². The number of aliphatic hydroxyl groups excluding tert-OH is 1. The van der Waals surface area contributed by atoms with Gasteiger partial charge >= 0.3 is 0 Å². The number of aryl methyl sites for hydroxylation is 1. The summed E-state index contributed by atoms with van der Waals surface area (Å²) in [4.78, 5) is 0. The van der Waals surface area contributed by atoms with Crippen LogP contribution in [0.4, 0.5) is 0 Å². The molecule has 1 heteroatoms. The fourth-order valence-electron chi connectivity index (χ4n) is 1.86. The summed E-state index contributed by atoms with van der Waals surface area (Å²) in [5.74, 6) is 0. The van der Waals surface area contributed by atoms with Gasteiger partial charge in [-0.25, -0.2) is 0 Å². The van der Waals surface area contributed by atoms with Crippen LogP contribution in [0.25, 0.3) is 5.57 Å². The smallest absolute Gasteiger partial charge is 0.0468 e. The van der Waals surface area contributed by atoms with Crippen LogP contribution in [0.5, 0.6) is 0 Å². The summed E-state index contributed by atoms with van der Waals surface area (Å²) in [6.07, 6.45) is 6.08. The maximum atomic E-state index is 8.86. The number of hydrogen-bond donors (Lipinski definition) is 1. The van der Waals surface area contributed by atoms with Crippen molar-refractivity contribution in [3.05, 3.63) is 53.1 Å². The fourth-order valence-corrected chi connectivity index (χ4v) is 1.86. The van der Waals surface area contributed by atoms with Gasteiger partial charge < -0.3 is 5.11 Å². The Morgan fingerprint density at radius 3 is 2.53 bits per heavy atom. The molecule has 1 aliphatic carbocycles. The summed E-state index contributed by atoms with van der Waals surface area (Å²) in [5.41, 5.74) is 5.28. The van der Waals surface area contributed by atoms with Crippen molar-refractivity contribution in [1.82, 2.24) is 0 Å². The van der Waals surface area contributed by atoms with Crippen LogP contribution in [0.3, 0.4) is 0 Å². The zero-order valence-corrected chi connectivity index (χ0v) is 9.03. The summed E-state index contributed by atoms with van der Waals surface area (Å²) in [7, 11) is 0. The zero-order chi connectivity index (χ0) is 10.7. The quantitative estimate of drug-likeness (QED) is 0.795. The van der Waals surface area contributed by atoms with E-state index in [0.717, 1.165) is 12.8 Å². The summed E-state index contributed by atoms with van der Waals surface area (Å²) >= 11 is 0. The van der Waals surface area contributed by atoms with Crippen LogP contribution in [0.15, 0.2) is 42.0 Å². The molecule has 0 amide bonds. The van der Waals surface area contributed by atoms with Gasteiger partial charge in [0.05, 0.1) is 0 Å². The highest BCUT2D eigenvalue weighted by atomic mass is 16.2. The molecule has 1 aliphatic rings. The standard InChI is InChI=1S/C14H16O/c1-11-2-5-13(6-3-11)14-7-4-12(10-14)8-9-15/h2-7,15H,8-10H2,1H3. The van der Waals surface area contributed by atoms with E-state index in [4.69, 9.17) is 5.11 Å². The first-order valence-corrected chi connectivity index (χ1v) is 5.36. The second-order valence-corrected chi connectivity index (χ2v) is 4.03. The first-order valence-electron chi connectivity index (χ1n) is 5.36. The molecule has 0 aliphatic heterocycles. The average Bonchev–Trinajstić information content (AvgIpc) is 2.68. The van der Waals surface area contributed by atoms with Crippen molar-refractivity contribution in [2.45, 2.75) is 19.8 Å². The molecule has 1 N–H and O–H groups in total. The Kier molecular flexibility index (Phi) is 3.02. The van der Waals surface area contributed by atoms with Crippen LogP contribution in [0.1, 0.15) is 24.0 Å². The van der Waals surface area contributed by atoms with Crippen molar-refractivity contribution in [1.29, 1.82) is 0 Å². The molecule has 0 saturated carbocycles. The molecular weight excluding hydrogens is 184 g/mol. The van der Waals surface area contributed by atoms with E-state index in [-0.39, 0.29) is 6.61 Å². The molecule has 2 rings (SSSR count). The average molecular weight is 200 g/mol.